The predicted molar refractivity (Wildman–Crippen MR) is 57.6 cm³/mol. The van der Waals surface area contributed by atoms with Gasteiger partial charge in [-0.2, -0.15) is 0 Å². The van der Waals surface area contributed by atoms with Crippen LogP contribution >= 0.6 is 0 Å². The fourth-order valence-electron chi connectivity index (χ4n) is 3.85. The molecule has 0 nitrogen and oxygen atoms in total. The van der Waals surface area contributed by atoms with E-state index in [2.05, 4.69) is 20.8 Å². The highest BCUT2D eigenvalue weighted by molar-refractivity contribution is 4.96. The first-order chi connectivity index (χ1) is 6.27. The molecule has 0 amide bonds. The van der Waals surface area contributed by atoms with E-state index < -0.39 is 0 Å². The van der Waals surface area contributed by atoms with E-state index in [0.717, 1.165) is 29.6 Å². The van der Waals surface area contributed by atoms with E-state index in [4.69, 9.17) is 0 Å². The Labute approximate surface area is 83.1 Å². The van der Waals surface area contributed by atoms with E-state index in [9.17, 15) is 0 Å². The third kappa shape index (κ3) is 1.65. The SMILES string of the molecule is CCC1CCC2CC2C(C)C1CC. The molecule has 0 N–H and O–H groups in total. The number of fused-ring (bicyclic) bond motifs is 1. The zero-order valence-electron chi connectivity index (χ0n) is 9.42. The van der Waals surface area contributed by atoms with Gasteiger partial charge in [-0.25, -0.2) is 0 Å². The number of hydrogen-bond donors (Lipinski definition) is 0. The Hall–Kier alpha value is 0. The molecule has 0 aromatic carbocycles. The Kier molecular flexibility index (Phi) is 2.67. The lowest BCUT2D eigenvalue weighted by atomic mass is 9.77. The lowest BCUT2D eigenvalue weighted by Crippen LogP contribution is -2.20. The maximum atomic E-state index is 2.52. The maximum Gasteiger partial charge on any atom is -0.0354 e. The minimum absolute atomic E-state index is 1.03. The van der Waals surface area contributed by atoms with Crippen LogP contribution in [0.25, 0.3) is 0 Å². The normalized spacial score (nSPS) is 49.6. The molecule has 76 valence electrons. The Morgan fingerprint density at radius 2 is 1.85 bits per heavy atom. The van der Waals surface area contributed by atoms with Crippen molar-refractivity contribution >= 4 is 0 Å². The summed E-state index contributed by atoms with van der Waals surface area (Å²) in [5.74, 6) is 5.39. The van der Waals surface area contributed by atoms with Crippen LogP contribution < -0.4 is 0 Å². The molecule has 0 radical (unpaired) electrons. The molecular weight excluding hydrogens is 156 g/mol. The van der Waals surface area contributed by atoms with Gasteiger partial charge in [-0.15, -0.1) is 0 Å². The van der Waals surface area contributed by atoms with Crippen LogP contribution in [-0.2, 0) is 0 Å². The lowest BCUT2D eigenvalue weighted by Gasteiger charge is -2.29. The molecule has 13 heavy (non-hydrogen) atoms. The molecule has 2 aliphatic rings. The Balaban J connectivity index is 2.06. The summed E-state index contributed by atoms with van der Waals surface area (Å²) >= 11 is 0. The van der Waals surface area contributed by atoms with Crippen LogP contribution in [0.2, 0.25) is 0 Å². The first-order valence-corrected chi connectivity index (χ1v) is 6.27. The third-order valence-electron chi connectivity index (χ3n) is 4.84. The van der Waals surface area contributed by atoms with E-state index in [0.29, 0.717) is 0 Å². The topological polar surface area (TPSA) is 0 Å². The second-order valence-electron chi connectivity index (χ2n) is 5.34. The highest BCUT2D eigenvalue weighted by Gasteiger charge is 2.46. The summed E-state index contributed by atoms with van der Waals surface area (Å²) in [6, 6.07) is 0. The zero-order chi connectivity index (χ0) is 9.42. The predicted octanol–water partition coefficient (Wildman–Crippen LogP) is 4.10. The summed E-state index contributed by atoms with van der Waals surface area (Å²) in [6.45, 7) is 7.30. The van der Waals surface area contributed by atoms with Gasteiger partial charge in [-0.3, -0.25) is 0 Å². The number of rotatable bonds is 2. The summed E-state index contributed by atoms with van der Waals surface area (Å²) in [6.07, 6.45) is 7.48. The Morgan fingerprint density at radius 1 is 1.08 bits per heavy atom. The monoisotopic (exact) mass is 180 g/mol. The quantitative estimate of drug-likeness (QED) is 0.600. The standard InChI is InChI=1S/C13H24/c1-4-10-6-7-11-8-13(11)9(3)12(10)5-2/h9-13H,4-8H2,1-3H3. The van der Waals surface area contributed by atoms with Crippen LogP contribution in [0.1, 0.15) is 52.9 Å². The minimum atomic E-state index is 1.03. The van der Waals surface area contributed by atoms with Crippen LogP contribution in [0.5, 0.6) is 0 Å². The second-order valence-corrected chi connectivity index (χ2v) is 5.34. The highest BCUT2D eigenvalue weighted by atomic mass is 14.5. The van der Waals surface area contributed by atoms with Crippen molar-refractivity contribution in [3.63, 3.8) is 0 Å². The summed E-state index contributed by atoms with van der Waals surface area (Å²) in [5, 5.41) is 0. The van der Waals surface area contributed by atoms with Gasteiger partial charge in [0.15, 0.2) is 0 Å². The van der Waals surface area contributed by atoms with Crippen molar-refractivity contribution in [2.75, 3.05) is 0 Å². The van der Waals surface area contributed by atoms with E-state index in [1.807, 2.05) is 0 Å². The molecule has 2 fully saturated rings. The van der Waals surface area contributed by atoms with E-state index in [1.54, 1.807) is 12.8 Å². The van der Waals surface area contributed by atoms with Gasteiger partial charge >= 0.3 is 0 Å². The fourth-order valence-corrected chi connectivity index (χ4v) is 3.85. The Morgan fingerprint density at radius 3 is 2.46 bits per heavy atom. The molecule has 2 saturated carbocycles. The van der Waals surface area contributed by atoms with E-state index >= 15 is 0 Å². The third-order valence-corrected chi connectivity index (χ3v) is 4.84. The van der Waals surface area contributed by atoms with Crippen molar-refractivity contribution in [3.05, 3.63) is 0 Å². The van der Waals surface area contributed by atoms with Crippen molar-refractivity contribution in [3.8, 4) is 0 Å². The van der Waals surface area contributed by atoms with E-state index in [-0.39, 0.29) is 0 Å². The molecule has 0 saturated heterocycles. The lowest BCUT2D eigenvalue weighted by molar-refractivity contribution is 0.210. The summed E-state index contributed by atoms with van der Waals surface area (Å²) in [4.78, 5) is 0. The Bertz CT molecular complexity index is 171. The molecule has 2 aliphatic carbocycles. The molecule has 0 spiro atoms. The molecule has 0 heteroatoms. The maximum absolute atomic E-state index is 2.52. The summed E-state index contributed by atoms with van der Waals surface area (Å²) in [7, 11) is 0. The highest BCUT2D eigenvalue weighted by Crippen LogP contribution is 2.55. The van der Waals surface area contributed by atoms with E-state index in [1.165, 1.54) is 19.3 Å². The molecule has 0 aromatic rings. The van der Waals surface area contributed by atoms with Gasteiger partial charge in [0, 0.05) is 0 Å². The van der Waals surface area contributed by atoms with Crippen molar-refractivity contribution in [2.24, 2.45) is 29.6 Å². The fraction of sp³-hybridized carbons (Fsp3) is 1.00. The number of hydrogen-bond acceptors (Lipinski definition) is 0. The smallest absolute Gasteiger partial charge is 0.0354 e. The van der Waals surface area contributed by atoms with Gasteiger partial charge in [-0.05, 0) is 48.9 Å². The summed E-state index contributed by atoms with van der Waals surface area (Å²) in [5.41, 5.74) is 0. The molecule has 0 aliphatic heterocycles. The molecular formula is C13H24. The van der Waals surface area contributed by atoms with Crippen molar-refractivity contribution in [2.45, 2.75) is 52.9 Å². The molecule has 5 unspecified atom stereocenters. The zero-order valence-corrected chi connectivity index (χ0v) is 9.42. The van der Waals surface area contributed by atoms with Crippen LogP contribution in [0.15, 0.2) is 0 Å². The van der Waals surface area contributed by atoms with Gasteiger partial charge in [0.25, 0.3) is 0 Å². The van der Waals surface area contributed by atoms with Crippen molar-refractivity contribution < 1.29 is 0 Å². The average molecular weight is 180 g/mol. The van der Waals surface area contributed by atoms with Gasteiger partial charge in [0.2, 0.25) is 0 Å². The van der Waals surface area contributed by atoms with Crippen molar-refractivity contribution in [1.29, 1.82) is 0 Å². The summed E-state index contributed by atoms with van der Waals surface area (Å²) < 4.78 is 0. The van der Waals surface area contributed by atoms with Gasteiger partial charge in [0.1, 0.15) is 0 Å². The minimum Gasteiger partial charge on any atom is -0.0651 e. The average Bonchev–Trinajstić information content (AvgIpc) is 2.89. The van der Waals surface area contributed by atoms with Crippen LogP contribution in [0, 0.1) is 29.6 Å². The van der Waals surface area contributed by atoms with Gasteiger partial charge in [0.05, 0.1) is 0 Å². The van der Waals surface area contributed by atoms with Gasteiger partial charge in [-0.1, -0.05) is 33.6 Å². The first-order valence-electron chi connectivity index (χ1n) is 6.27. The van der Waals surface area contributed by atoms with Crippen molar-refractivity contribution in [1.82, 2.24) is 0 Å². The molecule has 5 atom stereocenters. The molecule has 0 heterocycles. The van der Waals surface area contributed by atoms with Crippen LogP contribution in [0.4, 0.5) is 0 Å². The van der Waals surface area contributed by atoms with Crippen LogP contribution in [-0.4, -0.2) is 0 Å². The first kappa shape index (κ1) is 9.55. The molecule has 2 rings (SSSR count). The van der Waals surface area contributed by atoms with Crippen LogP contribution in [0.3, 0.4) is 0 Å². The molecule has 0 aromatic heterocycles. The molecule has 0 bridgehead atoms. The second kappa shape index (κ2) is 3.63. The van der Waals surface area contributed by atoms with Gasteiger partial charge < -0.3 is 0 Å². The largest absolute Gasteiger partial charge is 0.0651 e.